The molecule has 9 heteroatoms. The summed E-state index contributed by atoms with van der Waals surface area (Å²) in [6.07, 6.45) is 3.34. The molecule has 6 nitrogen and oxygen atoms in total. The van der Waals surface area contributed by atoms with Gasteiger partial charge in [-0.15, -0.1) is 0 Å². The van der Waals surface area contributed by atoms with E-state index in [1.54, 1.807) is 12.3 Å². The minimum Gasteiger partial charge on any atom is -0.302 e. The molecule has 1 aromatic heterocycles. The summed E-state index contributed by atoms with van der Waals surface area (Å²) in [4.78, 5) is 32.9. The Kier molecular flexibility index (Phi) is 5.12. The molecular formula is C15H11BrN4O2S2. The summed E-state index contributed by atoms with van der Waals surface area (Å²) in [6.45, 7) is 1.42. The Bertz CT molecular complexity index is 876. The predicted molar refractivity (Wildman–Crippen MR) is 101 cm³/mol. The second-order valence-electron chi connectivity index (χ2n) is 4.68. The zero-order valence-corrected chi connectivity index (χ0v) is 15.6. The molecule has 1 aromatic carbocycles. The molecule has 3 rings (SSSR count). The van der Waals surface area contributed by atoms with Crippen LogP contribution in [-0.4, -0.2) is 22.0 Å². The fourth-order valence-corrected chi connectivity index (χ4v) is 3.90. The third-order valence-corrected chi connectivity index (χ3v) is 5.25. The van der Waals surface area contributed by atoms with Gasteiger partial charge in [0.05, 0.1) is 15.5 Å². The molecule has 24 heavy (non-hydrogen) atoms. The third kappa shape index (κ3) is 4.11. The Morgan fingerprint density at radius 3 is 2.96 bits per heavy atom. The second-order valence-corrected chi connectivity index (χ2v) is 7.63. The van der Waals surface area contributed by atoms with Crippen LogP contribution < -0.4 is 10.6 Å². The van der Waals surface area contributed by atoms with Crippen LogP contribution in [-0.2, 0) is 9.59 Å². The zero-order valence-electron chi connectivity index (χ0n) is 12.4. The number of carbonyl (C=O) groups is 2. The molecule has 0 unspecified atom stereocenters. The van der Waals surface area contributed by atoms with E-state index in [-0.39, 0.29) is 11.8 Å². The highest BCUT2D eigenvalue weighted by Crippen LogP contribution is 2.32. The van der Waals surface area contributed by atoms with E-state index >= 15 is 0 Å². The van der Waals surface area contributed by atoms with Gasteiger partial charge in [-0.2, -0.15) is 0 Å². The largest absolute Gasteiger partial charge is 0.302 e. The van der Waals surface area contributed by atoms with Gasteiger partial charge in [-0.1, -0.05) is 23.5 Å². The zero-order chi connectivity index (χ0) is 17.1. The Labute approximate surface area is 154 Å². The van der Waals surface area contributed by atoms with Gasteiger partial charge in [-0.3, -0.25) is 9.59 Å². The second kappa shape index (κ2) is 7.29. The molecule has 1 aliphatic heterocycles. The number of benzene rings is 1. The lowest BCUT2D eigenvalue weighted by molar-refractivity contribution is -0.115. The number of nitrogens with one attached hydrogen (secondary N) is 2. The highest BCUT2D eigenvalue weighted by molar-refractivity contribution is 9.10. The Morgan fingerprint density at radius 2 is 2.21 bits per heavy atom. The molecule has 0 saturated carbocycles. The summed E-state index contributed by atoms with van der Waals surface area (Å²) in [7, 11) is 0. The van der Waals surface area contributed by atoms with Gasteiger partial charge in [-0.25, -0.2) is 9.98 Å². The van der Waals surface area contributed by atoms with Crippen molar-refractivity contribution >= 4 is 72.9 Å². The number of nitrogens with zero attached hydrogens (tertiary/aromatic N) is 2. The van der Waals surface area contributed by atoms with E-state index in [1.165, 1.54) is 30.0 Å². The maximum atomic E-state index is 12.1. The van der Waals surface area contributed by atoms with Crippen molar-refractivity contribution < 1.29 is 9.59 Å². The lowest BCUT2D eigenvalue weighted by Gasteiger charge is -1.98. The number of anilines is 1. The first kappa shape index (κ1) is 16.9. The Morgan fingerprint density at radius 1 is 1.42 bits per heavy atom. The molecule has 122 valence electrons. The molecule has 1 fully saturated rings. The minimum absolute atomic E-state index is 0.181. The number of aromatic nitrogens is 1. The molecule has 2 N–H and O–H groups in total. The average molecular weight is 423 g/mol. The first-order chi connectivity index (χ1) is 11.5. The Hall–Kier alpha value is -1.97. The van der Waals surface area contributed by atoms with Gasteiger partial charge >= 0.3 is 0 Å². The van der Waals surface area contributed by atoms with Crippen molar-refractivity contribution in [2.75, 3.05) is 5.32 Å². The quantitative estimate of drug-likeness (QED) is 0.737. The minimum atomic E-state index is -0.208. The molecule has 0 bridgehead atoms. The highest BCUT2D eigenvalue weighted by Gasteiger charge is 2.24. The number of halogens is 1. The van der Waals surface area contributed by atoms with Crippen LogP contribution in [0.3, 0.4) is 0 Å². The fourth-order valence-electron chi connectivity index (χ4n) is 1.82. The SMILES string of the molecule is CC(=O)Nc1ncc(C=C2SC(=Nc3ccccc3Br)NC2=O)s1. The van der Waals surface area contributed by atoms with Crippen molar-refractivity contribution in [2.24, 2.45) is 4.99 Å². The van der Waals surface area contributed by atoms with E-state index in [4.69, 9.17) is 0 Å². The van der Waals surface area contributed by atoms with Gasteiger partial charge in [-0.05, 0) is 45.9 Å². The van der Waals surface area contributed by atoms with Crippen LogP contribution in [0.1, 0.15) is 11.8 Å². The van der Waals surface area contributed by atoms with Crippen LogP contribution in [0.15, 0.2) is 44.8 Å². The lowest BCUT2D eigenvalue weighted by Crippen LogP contribution is -2.19. The monoisotopic (exact) mass is 422 g/mol. The molecule has 0 spiro atoms. The van der Waals surface area contributed by atoms with Gasteiger partial charge < -0.3 is 10.6 Å². The molecule has 0 aliphatic carbocycles. The number of hydrogen-bond acceptors (Lipinski definition) is 6. The smallest absolute Gasteiger partial charge is 0.264 e. The first-order valence-corrected chi connectivity index (χ1v) is 9.21. The van der Waals surface area contributed by atoms with Crippen molar-refractivity contribution in [1.82, 2.24) is 10.3 Å². The van der Waals surface area contributed by atoms with E-state index in [1.807, 2.05) is 24.3 Å². The number of carbonyl (C=O) groups excluding carboxylic acids is 2. The van der Waals surface area contributed by atoms with E-state index in [0.717, 1.165) is 15.0 Å². The molecule has 2 aromatic rings. The molecule has 1 aliphatic rings. The fraction of sp³-hybridized carbons (Fsp3) is 0.0667. The van der Waals surface area contributed by atoms with E-state index in [2.05, 4.69) is 36.5 Å². The van der Waals surface area contributed by atoms with Crippen LogP contribution in [0.25, 0.3) is 6.08 Å². The summed E-state index contributed by atoms with van der Waals surface area (Å²) in [5.74, 6) is -0.389. The number of para-hydroxylation sites is 1. The van der Waals surface area contributed by atoms with Gasteiger partial charge in [0, 0.05) is 17.6 Å². The number of thiazole rings is 1. The molecule has 0 radical (unpaired) electrons. The maximum Gasteiger partial charge on any atom is 0.264 e. The van der Waals surface area contributed by atoms with E-state index < -0.39 is 0 Å². The average Bonchev–Trinajstić information content (AvgIpc) is 3.08. The van der Waals surface area contributed by atoms with E-state index in [0.29, 0.717) is 15.2 Å². The lowest BCUT2D eigenvalue weighted by atomic mass is 10.3. The standard InChI is InChI=1S/C15H11BrN4O2S2/c1-8(21)18-14-17-7-9(23-14)6-12-13(22)20-15(24-12)19-11-5-3-2-4-10(11)16/h2-7H,1H3,(H,17,18,21)(H,19,20,22). The van der Waals surface area contributed by atoms with Gasteiger partial charge in [0.2, 0.25) is 5.91 Å². The van der Waals surface area contributed by atoms with Crippen molar-refractivity contribution in [1.29, 1.82) is 0 Å². The van der Waals surface area contributed by atoms with E-state index in [9.17, 15) is 9.59 Å². The summed E-state index contributed by atoms with van der Waals surface area (Å²) >= 11 is 5.98. The normalized spacial score (nSPS) is 17.3. The van der Waals surface area contributed by atoms with Crippen LogP contribution in [0.5, 0.6) is 0 Å². The molecule has 2 amide bonds. The van der Waals surface area contributed by atoms with Crippen LogP contribution >= 0.6 is 39.0 Å². The summed E-state index contributed by atoms with van der Waals surface area (Å²) in [5, 5.41) is 6.37. The summed E-state index contributed by atoms with van der Waals surface area (Å²) < 4.78 is 0.854. The molecular weight excluding hydrogens is 412 g/mol. The van der Waals surface area contributed by atoms with Gasteiger partial charge in [0.1, 0.15) is 0 Å². The number of amidine groups is 1. The van der Waals surface area contributed by atoms with Crippen molar-refractivity contribution in [3.8, 4) is 0 Å². The summed E-state index contributed by atoms with van der Waals surface area (Å²) in [5.41, 5.74) is 0.743. The van der Waals surface area contributed by atoms with Crippen LogP contribution in [0.4, 0.5) is 10.8 Å². The molecule has 0 atom stereocenters. The highest BCUT2D eigenvalue weighted by atomic mass is 79.9. The van der Waals surface area contributed by atoms with Gasteiger partial charge in [0.25, 0.3) is 5.91 Å². The Balaban J connectivity index is 1.78. The summed E-state index contributed by atoms with van der Waals surface area (Å²) in [6, 6.07) is 7.52. The third-order valence-electron chi connectivity index (χ3n) is 2.81. The van der Waals surface area contributed by atoms with Crippen LogP contribution in [0, 0.1) is 0 Å². The van der Waals surface area contributed by atoms with Crippen LogP contribution in [0.2, 0.25) is 0 Å². The number of amides is 2. The van der Waals surface area contributed by atoms with Crippen molar-refractivity contribution in [3.05, 3.63) is 44.7 Å². The van der Waals surface area contributed by atoms with Gasteiger partial charge in [0.15, 0.2) is 10.3 Å². The first-order valence-electron chi connectivity index (χ1n) is 6.79. The maximum absolute atomic E-state index is 12.1. The number of aliphatic imine (C=N–C) groups is 1. The van der Waals surface area contributed by atoms with Crippen molar-refractivity contribution in [3.63, 3.8) is 0 Å². The molecule has 2 heterocycles. The number of hydrogen-bond donors (Lipinski definition) is 2. The topological polar surface area (TPSA) is 83.4 Å². The predicted octanol–water partition coefficient (Wildman–Crippen LogP) is 3.76. The molecule has 1 saturated heterocycles. The van der Waals surface area contributed by atoms with Crippen molar-refractivity contribution in [2.45, 2.75) is 6.92 Å². The number of thioether (sulfide) groups is 1. The number of rotatable bonds is 3.